The molecule has 1 saturated carbocycles. The van der Waals surface area contributed by atoms with Crippen molar-refractivity contribution in [1.82, 2.24) is 4.90 Å². The van der Waals surface area contributed by atoms with Gasteiger partial charge in [-0.25, -0.2) is 0 Å². The van der Waals surface area contributed by atoms with Crippen molar-refractivity contribution in [2.45, 2.75) is 30.6 Å². The van der Waals surface area contributed by atoms with Crippen LogP contribution in [0.15, 0.2) is 35.4 Å². The summed E-state index contributed by atoms with van der Waals surface area (Å²) in [5.74, 6) is -6.24. The first-order chi connectivity index (χ1) is 14.3. The molecule has 3 aliphatic carbocycles. The van der Waals surface area contributed by atoms with E-state index < -0.39 is 57.9 Å². The summed E-state index contributed by atoms with van der Waals surface area (Å²) in [7, 11) is 3.32. The van der Waals surface area contributed by atoms with Crippen molar-refractivity contribution in [1.29, 1.82) is 0 Å². The van der Waals surface area contributed by atoms with Crippen LogP contribution in [0.5, 0.6) is 5.75 Å². The second kappa shape index (κ2) is 6.49. The summed E-state index contributed by atoms with van der Waals surface area (Å²) in [6.45, 7) is 1.46. The van der Waals surface area contributed by atoms with Crippen LogP contribution in [0.25, 0.3) is 5.76 Å². The van der Waals surface area contributed by atoms with Crippen LogP contribution in [0.1, 0.15) is 24.5 Å². The van der Waals surface area contributed by atoms with Crippen LogP contribution < -0.4 is 5.73 Å². The van der Waals surface area contributed by atoms with Gasteiger partial charge in [0.1, 0.15) is 11.5 Å². The fraction of sp³-hybridized carbons (Fsp3) is 0.409. The van der Waals surface area contributed by atoms with Gasteiger partial charge in [-0.2, -0.15) is 0 Å². The van der Waals surface area contributed by atoms with E-state index in [2.05, 4.69) is 0 Å². The number of phenols is 1. The van der Waals surface area contributed by atoms with E-state index in [4.69, 9.17) is 5.73 Å². The van der Waals surface area contributed by atoms with Gasteiger partial charge in [0.25, 0.3) is 5.91 Å². The van der Waals surface area contributed by atoms with E-state index >= 15 is 0 Å². The van der Waals surface area contributed by atoms with E-state index in [1.165, 1.54) is 31.2 Å². The van der Waals surface area contributed by atoms with Gasteiger partial charge >= 0.3 is 0 Å². The Morgan fingerprint density at radius 1 is 1.16 bits per heavy atom. The predicted molar refractivity (Wildman–Crippen MR) is 109 cm³/mol. The molecule has 1 amide bonds. The first-order valence-corrected chi connectivity index (χ1v) is 9.83. The number of nitrogens with two attached hydrogens (primary N) is 1. The van der Waals surface area contributed by atoms with Crippen molar-refractivity contribution in [3.05, 3.63) is 46.5 Å². The van der Waals surface area contributed by atoms with E-state index in [0.29, 0.717) is 0 Å². The Balaban J connectivity index is 2.00. The number of carbonyl (C=O) groups is 3. The summed E-state index contributed by atoms with van der Waals surface area (Å²) in [6, 6.07) is 3.63. The molecule has 0 aliphatic heterocycles. The number of hydrogen-bond acceptors (Lipinski definition) is 8. The SMILES string of the molecule is CN(C)[C@@H]1C=C(C(N)=O)C(=O)[C@@]2(O)C(=O)C3=C(O)c4c(O)cccc4[C@@](C)(O)C3CC12. The largest absolute Gasteiger partial charge is 0.507 e. The summed E-state index contributed by atoms with van der Waals surface area (Å²) < 4.78 is 0. The van der Waals surface area contributed by atoms with Gasteiger partial charge in [0, 0.05) is 23.5 Å². The number of rotatable bonds is 2. The molecule has 0 radical (unpaired) electrons. The lowest BCUT2D eigenvalue weighted by Crippen LogP contribution is -2.67. The molecule has 3 aliphatic rings. The van der Waals surface area contributed by atoms with Crippen LogP contribution >= 0.6 is 0 Å². The van der Waals surface area contributed by atoms with Gasteiger partial charge in [-0.3, -0.25) is 14.4 Å². The standard InChI is InChI=1S/C22H24N2O7/c1-21(30)10-5-4-6-14(25)15(10)17(26)16-12(21)8-11-13(24(2)3)7-9(20(23)29)18(27)22(11,31)19(16)28/h4-7,11-13,25-26,30-31H,8H2,1-3H3,(H2,23,29)/t11?,12?,13-,21-,22-/m1/s1. The molecule has 2 unspecified atom stereocenters. The zero-order valence-corrected chi connectivity index (χ0v) is 17.3. The molecule has 1 aromatic carbocycles. The molecule has 0 saturated heterocycles. The molecular formula is C22H24N2O7. The van der Waals surface area contributed by atoms with Crippen molar-refractivity contribution in [2.24, 2.45) is 17.6 Å². The first kappa shape index (κ1) is 21.2. The molecule has 164 valence electrons. The summed E-state index contributed by atoms with van der Waals surface area (Å²) in [5.41, 5.74) is 0.256. The Kier molecular flexibility index (Phi) is 4.45. The Bertz CT molecular complexity index is 1100. The second-order valence-electron chi connectivity index (χ2n) is 8.83. The molecule has 4 rings (SSSR count). The molecule has 1 fully saturated rings. The normalized spacial score (nSPS) is 34.8. The number of aromatic hydroxyl groups is 1. The number of aliphatic hydroxyl groups is 3. The van der Waals surface area contributed by atoms with Crippen LogP contribution in [-0.2, 0) is 20.0 Å². The van der Waals surface area contributed by atoms with Gasteiger partial charge in [0.15, 0.2) is 5.60 Å². The van der Waals surface area contributed by atoms with Crippen molar-refractivity contribution in [3.63, 3.8) is 0 Å². The number of likely N-dealkylation sites (N-methyl/N-ethyl adjacent to an activating group) is 1. The Labute approximate surface area is 178 Å². The summed E-state index contributed by atoms with van der Waals surface area (Å²) in [6.07, 6.45) is 1.30. The quantitative estimate of drug-likeness (QED) is 0.318. The molecular weight excluding hydrogens is 404 g/mol. The first-order valence-electron chi connectivity index (χ1n) is 9.83. The summed E-state index contributed by atoms with van der Waals surface area (Å²) >= 11 is 0. The van der Waals surface area contributed by atoms with Crippen LogP contribution in [-0.4, -0.2) is 68.5 Å². The Morgan fingerprint density at radius 2 is 1.81 bits per heavy atom. The predicted octanol–water partition coefficient (Wildman–Crippen LogP) is -0.257. The van der Waals surface area contributed by atoms with E-state index in [0.717, 1.165) is 0 Å². The van der Waals surface area contributed by atoms with Crippen molar-refractivity contribution >= 4 is 23.2 Å². The molecule has 6 N–H and O–H groups in total. The highest BCUT2D eigenvalue weighted by Crippen LogP contribution is 2.56. The highest BCUT2D eigenvalue weighted by molar-refractivity contribution is 6.32. The molecule has 9 heteroatoms. The molecule has 0 bridgehead atoms. The number of ketones is 2. The van der Waals surface area contributed by atoms with E-state index in [-0.39, 0.29) is 28.9 Å². The average molecular weight is 428 g/mol. The van der Waals surface area contributed by atoms with Crippen molar-refractivity contribution in [2.75, 3.05) is 14.1 Å². The number of aliphatic hydroxyl groups excluding tert-OH is 1. The summed E-state index contributed by atoms with van der Waals surface area (Å²) in [4.78, 5) is 40.2. The number of benzene rings is 1. The molecule has 0 aromatic heterocycles. The molecule has 0 heterocycles. The number of primary amides is 1. The third-order valence-electron chi connectivity index (χ3n) is 6.93. The van der Waals surface area contributed by atoms with Crippen LogP contribution in [0.3, 0.4) is 0 Å². The van der Waals surface area contributed by atoms with Gasteiger partial charge in [-0.05, 0) is 39.1 Å². The smallest absolute Gasteiger partial charge is 0.252 e. The Morgan fingerprint density at radius 3 is 2.39 bits per heavy atom. The lowest BCUT2D eigenvalue weighted by Gasteiger charge is -2.52. The Hall–Kier alpha value is -3.01. The van der Waals surface area contributed by atoms with Gasteiger partial charge in [0.05, 0.1) is 16.7 Å². The number of amides is 1. The topological polar surface area (TPSA) is 161 Å². The zero-order valence-electron chi connectivity index (χ0n) is 17.3. The van der Waals surface area contributed by atoms with E-state index in [1.807, 2.05) is 0 Å². The van der Waals surface area contributed by atoms with Crippen LogP contribution in [0, 0.1) is 11.8 Å². The lowest BCUT2D eigenvalue weighted by molar-refractivity contribution is -0.164. The average Bonchev–Trinajstić information content (AvgIpc) is 2.68. The van der Waals surface area contributed by atoms with Gasteiger partial charge in [0.2, 0.25) is 11.6 Å². The summed E-state index contributed by atoms with van der Waals surface area (Å²) in [5, 5.41) is 44.1. The van der Waals surface area contributed by atoms with Crippen molar-refractivity contribution in [3.8, 4) is 5.75 Å². The van der Waals surface area contributed by atoms with Gasteiger partial charge < -0.3 is 31.1 Å². The van der Waals surface area contributed by atoms with E-state index in [1.54, 1.807) is 19.0 Å². The highest BCUT2D eigenvalue weighted by atomic mass is 16.3. The monoisotopic (exact) mass is 428 g/mol. The molecule has 31 heavy (non-hydrogen) atoms. The number of hydrogen-bond donors (Lipinski definition) is 5. The van der Waals surface area contributed by atoms with E-state index in [9.17, 15) is 34.8 Å². The zero-order chi connectivity index (χ0) is 23.0. The number of fused-ring (bicyclic) bond motifs is 3. The fourth-order valence-electron chi connectivity index (χ4n) is 5.32. The molecule has 1 aromatic rings. The van der Waals surface area contributed by atoms with Crippen LogP contribution in [0.4, 0.5) is 0 Å². The highest BCUT2D eigenvalue weighted by Gasteiger charge is 2.65. The minimum atomic E-state index is -2.65. The number of nitrogens with zero attached hydrogens (tertiary/aromatic N) is 1. The molecule has 5 atom stereocenters. The third kappa shape index (κ3) is 2.57. The van der Waals surface area contributed by atoms with Crippen LogP contribution in [0.2, 0.25) is 0 Å². The maximum absolute atomic E-state index is 13.6. The number of Topliss-reactive ketones (excluding diaryl/α,β-unsaturated/α-hetero) is 2. The molecule has 9 nitrogen and oxygen atoms in total. The fourth-order valence-corrected chi connectivity index (χ4v) is 5.32. The number of phenolic OH excluding ortho intramolecular Hbond substituents is 1. The minimum absolute atomic E-state index is 0.0408. The lowest BCUT2D eigenvalue weighted by atomic mass is 9.54. The van der Waals surface area contributed by atoms with Crippen molar-refractivity contribution < 1.29 is 34.8 Å². The second-order valence-corrected chi connectivity index (χ2v) is 8.83. The van der Waals surface area contributed by atoms with Gasteiger partial charge in [-0.15, -0.1) is 0 Å². The third-order valence-corrected chi connectivity index (χ3v) is 6.93. The maximum Gasteiger partial charge on any atom is 0.252 e. The number of carbonyl (C=O) groups excluding carboxylic acids is 3. The van der Waals surface area contributed by atoms with Gasteiger partial charge in [-0.1, -0.05) is 18.2 Å². The molecule has 0 spiro atoms. The minimum Gasteiger partial charge on any atom is -0.507 e. The maximum atomic E-state index is 13.6.